The maximum Gasteiger partial charge on any atom is 0.416 e. The maximum atomic E-state index is 12.4. The first-order valence-electron chi connectivity index (χ1n) is 5.47. The molecule has 0 aliphatic heterocycles. The zero-order chi connectivity index (χ0) is 13.9. The summed E-state index contributed by atoms with van der Waals surface area (Å²) in [5.74, 6) is 0. The van der Waals surface area contributed by atoms with Gasteiger partial charge in [-0.25, -0.2) is 0 Å². The first-order valence-corrected chi connectivity index (χ1v) is 5.47. The molecule has 0 amide bonds. The standard InChI is InChI=1S/C14H10F3NO/c15-14(16,17)12-8-6-11(7-9-12)13(18-19)10-4-2-1-3-5-10/h1-9,19H/b18-13+. The van der Waals surface area contributed by atoms with Crippen molar-refractivity contribution in [3.8, 4) is 0 Å². The molecule has 2 nitrogen and oxygen atoms in total. The van der Waals surface area contributed by atoms with Gasteiger partial charge in [-0.3, -0.25) is 0 Å². The second kappa shape index (κ2) is 5.14. The Kier molecular flexibility index (Phi) is 3.55. The van der Waals surface area contributed by atoms with Crippen molar-refractivity contribution in [2.24, 2.45) is 5.16 Å². The van der Waals surface area contributed by atoms with Gasteiger partial charge in [0.05, 0.1) is 5.56 Å². The number of nitrogens with zero attached hydrogens (tertiary/aromatic N) is 1. The molecule has 0 aliphatic carbocycles. The fourth-order valence-electron chi connectivity index (χ4n) is 1.70. The van der Waals surface area contributed by atoms with Crippen molar-refractivity contribution in [1.82, 2.24) is 0 Å². The molecule has 5 heteroatoms. The molecule has 19 heavy (non-hydrogen) atoms. The largest absolute Gasteiger partial charge is 0.416 e. The van der Waals surface area contributed by atoms with E-state index in [-0.39, 0.29) is 5.71 Å². The van der Waals surface area contributed by atoms with Gasteiger partial charge in [0.25, 0.3) is 0 Å². The van der Waals surface area contributed by atoms with E-state index >= 15 is 0 Å². The lowest BCUT2D eigenvalue weighted by Gasteiger charge is -2.08. The molecule has 0 aliphatic rings. The molecular weight excluding hydrogens is 255 g/mol. The van der Waals surface area contributed by atoms with Crippen LogP contribution in [0, 0.1) is 0 Å². The smallest absolute Gasteiger partial charge is 0.410 e. The Morgan fingerprint density at radius 2 is 1.37 bits per heavy atom. The third kappa shape index (κ3) is 2.93. The highest BCUT2D eigenvalue weighted by molar-refractivity contribution is 6.12. The summed E-state index contributed by atoms with van der Waals surface area (Å²) in [5.41, 5.74) is 0.544. The van der Waals surface area contributed by atoms with Crippen molar-refractivity contribution >= 4 is 5.71 Å². The normalized spacial score (nSPS) is 12.5. The number of hydrogen-bond donors (Lipinski definition) is 1. The number of hydrogen-bond acceptors (Lipinski definition) is 2. The predicted octanol–water partition coefficient (Wildman–Crippen LogP) is 3.93. The second-order valence-electron chi connectivity index (χ2n) is 3.89. The molecular formula is C14H10F3NO. The second-order valence-corrected chi connectivity index (χ2v) is 3.89. The Morgan fingerprint density at radius 3 is 1.84 bits per heavy atom. The first-order chi connectivity index (χ1) is 9.02. The van der Waals surface area contributed by atoms with Crippen LogP contribution >= 0.6 is 0 Å². The van der Waals surface area contributed by atoms with E-state index in [0.717, 1.165) is 12.1 Å². The van der Waals surface area contributed by atoms with E-state index in [1.54, 1.807) is 30.3 Å². The summed E-state index contributed by atoms with van der Waals surface area (Å²) in [6, 6.07) is 13.2. The van der Waals surface area contributed by atoms with Crippen LogP contribution < -0.4 is 0 Å². The van der Waals surface area contributed by atoms with E-state index in [4.69, 9.17) is 5.21 Å². The third-order valence-corrected chi connectivity index (χ3v) is 2.63. The van der Waals surface area contributed by atoms with Gasteiger partial charge >= 0.3 is 6.18 Å². The van der Waals surface area contributed by atoms with Crippen molar-refractivity contribution in [2.75, 3.05) is 0 Å². The quantitative estimate of drug-likeness (QED) is 0.498. The van der Waals surface area contributed by atoms with Crippen LogP contribution in [0.2, 0.25) is 0 Å². The molecule has 2 aromatic carbocycles. The highest BCUT2D eigenvalue weighted by Crippen LogP contribution is 2.29. The van der Waals surface area contributed by atoms with E-state index in [2.05, 4.69) is 5.16 Å². The van der Waals surface area contributed by atoms with Gasteiger partial charge in [-0.1, -0.05) is 47.6 Å². The summed E-state index contributed by atoms with van der Waals surface area (Å²) in [6.45, 7) is 0. The number of alkyl halides is 3. The van der Waals surface area contributed by atoms with Gasteiger partial charge in [-0.05, 0) is 12.1 Å². The lowest BCUT2D eigenvalue weighted by atomic mass is 10.0. The summed E-state index contributed by atoms with van der Waals surface area (Å²) in [6.07, 6.45) is -4.37. The zero-order valence-electron chi connectivity index (χ0n) is 9.72. The fourth-order valence-corrected chi connectivity index (χ4v) is 1.70. The Balaban J connectivity index is 2.37. The van der Waals surface area contributed by atoms with Crippen LogP contribution in [0.25, 0.3) is 0 Å². The minimum Gasteiger partial charge on any atom is -0.410 e. The maximum absolute atomic E-state index is 12.4. The average molecular weight is 265 g/mol. The van der Waals surface area contributed by atoms with E-state index in [1.807, 2.05) is 0 Å². The molecule has 0 bridgehead atoms. The lowest BCUT2D eigenvalue weighted by Crippen LogP contribution is -2.07. The minimum absolute atomic E-state index is 0.231. The van der Waals surface area contributed by atoms with Crippen molar-refractivity contribution in [3.63, 3.8) is 0 Å². The van der Waals surface area contributed by atoms with E-state index in [9.17, 15) is 13.2 Å². The van der Waals surface area contributed by atoms with Crippen LogP contribution in [0.5, 0.6) is 0 Å². The summed E-state index contributed by atoms with van der Waals surface area (Å²) in [7, 11) is 0. The molecule has 98 valence electrons. The molecule has 2 rings (SSSR count). The minimum atomic E-state index is -4.37. The lowest BCUT2D eigenvalue weighted by molar-refractivity contribution is -0.137. The van der Waals surface area contributed by atoms with E-state index in [1.165, 1.54) is 12.1 Å². The first kappa shape index (κ1) is 13.1. The Labute approximate surface area is 107 Å². The number of halogens is 3. The number of oxime groups is 1. The Morgan fingerprint density at radius 1 is 0.842 bits per heavy atom. The monoisotopic (exact) mass is 265 g/mol. The van der Waals surface area contributed by atoms with E-state index in [0.29, 0.717) is 11.1 Å². The van der Waals surface area contributed by atoms with Gasteiger partial charge in [0.2, 0.25) is 0 Å². The molecule has 0 aromatic heterocycles. The molecule has 2 aromatic rings. The predicted molar refractivity (Wildman–Crippen MR) is 65.3 cm³/mol. The Hall–Kier alpha value is -2.30. The van der Waals surface area contributed by atoms with Gasteiger partial charge in [-0.2, -0.15) is 13.2 Å². The molecule has 0 atom stereocenters. The van der Waals surface area contributed by atoms with Gasteiger partial charge in [-0.15, -0.1) is 0 Å². The van der Waals surface area contributed by atoms with Crippen LogP contribution in [0.3, 0.4) is 0 Å². The zero-order valence-corrected chi connectivity index (χ0v) is 9.72. The molecule has 0 saturated carbocycles. The Bertz CT molecular complexity index is 574. The van der Waals surface area contributed by atoms with Gasteiger partial charge in [0.15, 0.2) is 0 Å². The molecule has 0 heterocycles. The van der Waals surface area contributed by atoms with Crippen LogP contribution in [0.1, 0.15) is 16.7 Å². The summed E-state index contributed by atoms with van der Waals surface area (Å²) >= 11 is 0. The molecule has 1 N–H and O–H groups in total. The van der Waals surface area contributed by atoms with Crippen molar-refractivity contribution in [3.05, 3.63) is 71.3 Å². The van der Waals surface area contributed by atoms with Crippen molar-refractivity contribution in [2.45, 2.75) is 6.18 Å². The summed E-state index contributed by atoms with van der Waals surface area (Å²) in [5, 5.41) is 12.2. The molecule has 0 saturated heterocycles. The summed E-state index contributed by atoms with van der Waals surface area (Å²) < 4.78 is 37.3. The van der Waals surface area contributed by atoms with Crippen LogP contribution in [0.4, 0.5) is 13.2 Å². The topological polar surface area (TPSA) is 32.6 Å². The van der Waals surface area contributed by atoms with Crippen LogP contribution in [-0.4, -0.2) is 10.9 Å². The van der Waals surface area contributed by atoms with Crippen LogP contribution in [-0.2, 0) is 6.18 Å². The molecule has 0 spiro atoms. The SMILES string of the molecule is O/N=C(\c1ccccc1)c1ccc(C(F)(F)F)cc1. The highest BCUT2D eigenvalue weighted by Gasteiger charge is 2.30. The van der Waals surface area contributed by atoms with Gasteiger partial charge in [0, 0.05) is 11.1 Å². The highest BCUT2D eigenvalue weighted by atomic mass is 19.4. The van der Waals surface area contributed by atoms with Gasteiger partial charge in [0.1, 0.15) is 5.71 Å². The van der Waals surface area contributed by atoms with Crippen molar-refractivity contribution in [1.29, 1.82) is 0 Å². The van der Waals surface area contributed by atoms with Crippen molar-refractivity contribution < 1.29 is 18.4 Å². The summed E-state index contributed by atoms with van der Waals surface area (Å²) in [4.78, 5) is 0. The molecule has 0 fully saturated rings. The number of benzene rings is 2. The number of rotatable bonds is 2. The molecule has 0 unspecified atom stereocenters. The van der Waals surface area contributed by atoms with E-state index < -0.39 is 11.7 Å². The molecule has 0 radical (unpaired) electrons. The fraction of sp³-hybridized carbons (Fsp3) is 0.0714. The average Bonchev–Trinajstić information content (AvgIpc) is 2.40. The van der Waals surface area contributed by atoms with Gasteiger partial charge < -0.3 is 5.21 Å². The van der Waals surface area contributed by atoms with Crippen LogP contribution in [0.15, 0.2) is 59.8 Å². The third-order valence-electron chi connectivity index (χ3n) is 2.63.